The van der Waals surface area contributed by atoms with E-state index in [1.165, 1.54) is 30.3 Å². The number of rotatable bonds is 2. The van der Waals surface area contributed by atoms with Gasteiger partial charge in [-0.2, -0.15) is 5.26 Å². The van der Waals surface area contributed by atoms with Crippen molar-refractivity contribution in [1.82, 2.24) is 0 Å². The summed E-state index contributed by atoms with van der Waals surface area (Å²) in [6, 6.07) is 9.73. The Morgan fingerprint density at radius 2 is 1.72 bits per heavy atom. The number of benzene rings is 2. The molecule has 0 amide bonds. The van der Waals surface area contributed by atoms with E-state index >= 15 is 0 Å². The Morgan fingerprint density at radius 1 is 1.06 bits per heavy atom. The number of halogens is 3. The molecule has 0 aliphatic rings. The van der Waals surface area contributed by atoms with Crippen LogP contribution in [0.1, 0.15) is 5.56 Å². The van der Waals surface area contributed by atoms with Crippen LogP contribution in [0.4, 0.5) is 8.78 Å². The van der Waals surface area contributed by atoms with Gasteiger partial charge in [0.2, 0.25) is 0 Å². The first-order valence-corrected chi connectivity index (χ1v) is 5.31. The van der Waals surface area contributed by atoms with Gasteiger partial charge in [0.15, 0.2) is 11.6 Å². The van der Waals surface area contributed by atoms with E-state index in [1.807, 2.05) is 0 Å². The van der Waals surface area contributed by atoms with Gasteiger partial charge >= 0.3 is 0 Å². The summed E-state index contributed by atoms with van der Waals surface area (Å²) in [6.45, 7) is 0. The van der Waals surface area contributed by atoms with E-state index in [1.54, 1.807) is 6.07 Å². The Kier molecular flexibility index (Phi) is 3.45. The average molecular weight is 266 g/mol. The highest BCUT2D eigenvalue weighted by atomic mass is 35.5. The molecular weight excluding hydrogens is 260 g/mol. The van der Waals surface area contributed by atoms with Gasteiger partial charge in [0.05, 0.1) is 5.02 Å². The van der Waals surface area contributed by atoms with Gasteiger partial charge in [-0.1, -0.05) is 23.7 Å². The van der Waals surface area contributed by atoms with Crippen LogP contribution in [0, 0.1) is 23.0 Å². The molecule has 2 aromatic rings. The number of ether oxygens (including phenoxy) is 1. The first-order valence-electron chi connectivity index (χ1n) is 4.94. The molecular formula is C13H6ClF2NO. The van der Waals surface area contributed by atoms with Crippen LogP contribution in [0.25, 0.3) is 0 Å². The monoisotopic (exact) mass is 265 g/mol. The molecule has 5 heteroatoms. The minimum atomic E-state index is -0.757. The van der Waals surface area contributed by atoms with Crippen molar-refractivity contribution < 1.29 is 13.5 Å². The fourth-order valence-corrected chi connectivity index (χ4v) is 1.55. The average Bonchev–Trinajstić information content (AvgIpc) is 2.35. The molecule has 2 rings (SSSR count). The summed E-state index contributed by atoms with van der Waals surface area (Å²) in [5, 5.41) is 8.70. The molecule has 0 N–H and O–H groups in total. The maximum atomic E-state index is 13.6. The van der Waals surface area contributed by atoms with E-state index in [0.29, 0.717) is 0 Å². The smallest absolute Gasteiger partial charge is 0.184 e. The third kappa shape index (κ3) is 2.27. The summed E-state index contributed by atoms with van der Waals surface area (Å²) in [7, 11) is 0. The van der Waals surface area contributed by atoms with Gasteiger partial charge in [-0.05, 0) is 24.3 Å². The number of hydrogen-bond donors (Lipinski definition) is 0. The molecule has 0 heterocycles. The second kappa shape index (κ2) is 5.03. The van der Waals surface area contributed by atoms with Gasteiger partial charge in [0.1, 0.15) is 23.2 Å². The highest BCUT2D eigenvalue weighted by Gasteiger charge is 2.13. The van der Waals surface area contributed by atoms with Crippen LogP contribution >= 0.6 is 11.6 Å². The molecule has 0 saturated heterocycles. The van der Waals surface area contributed by atoms with E-state index < -0.39 is 11.6 Å². The maximum absolute atomic E-state index is 13.6. The first-order chi connectivity index (χ1) is 8.63. The Morgan fingerprint density at radius 3 is 2.44 bits per heavy atom. The lowest BCUT2D eigenvalue weighted by atomic mass is 10.2. The van der Waals surface area contributed by atoms with Crippen LogP contribution in [0.15, 0.2) is 36.4 Å². The fourth-order valence-electron chi connectivity index (χ4n) is 1.38. The first kappa shape index (κ1) is 12.3. The lowest BCUT2D eigenvalue weighted by Gasteiger charge is -2.09. The van der Waals surface area contributed by atoms with Gasteiger partial charge < -0.3 is 4.74 Å². The molecule has 0 radical (unpaired) electrons. The zero-order valence-corrected chi connectivity index (χ0v) is 9.71. The van der Waals surface area contributed by atoms with Crippen molar-refractivity contribution >= 4 is 11.6 Å². The van der Waals surface area contributed by atoms with Crippen LogP contribution in [0.3, 0.4) is 0 Å². The third-order valence-corrected chi connectivity index (χ3v) is 2.52. The number of nitrogens with zero attached hydrogens (tertiary/aromatic N) is 1. The predicted octanol–water partition coefficient (Wildman–Crippen LogP) is 4.28. The molecule has 0 aromatic heterocycles. The number of hydrogen-bond acceptors (Lipinski definition) is 2. The standard InChI is InChI=1S/C13H6ClF2NO/c14-9-3-1-6-12(13(9)16)18-11-5-2-4-10(15)8(11)7-17/h1-6H. The highest BCUT2D eigenvalue weighted by Crippen LogP contribution is 2.31. The van der Waals surface area contributed by atoms with Gasteiger partial charge in [-0.25, -0.2) is 8.78 Å². The summed E-state index contributed by atoms with van der Waals surface area (Å²) in [5.74, 6) is -1.70. The normalized spacial score (nSPS) is 9.89. The summed E-state index contributed by atoms with van der Waals surface area (Å²) < 4.78 is 32.1. The minimum Gasteiger partial charge on any atom is -0.453 e. The van der Waals surface area contributed by atoms with Crippen molar-refractivity contribution in [3.05, 3.63) is 58.6 Å². The van der Waals surface area contributed by atoms with Crippen LogP contribution in [0.5, 0.6) is 11.5 Å². The summed E-state index contributed by atoms with van der Waals surface area (Å²) in [4.78, 5) is 0. The fraction of sp³-hybridized carbons (Fsp3) is 0. The molecule has 0 atom stereocenters. The number of nitriles is 1. The zero-order valence-electron chi connectivity index (χ0n) is 8.95. The molecule has 0 unspecified atom stereocenters. The van der Waals surface area contributed by atoms with Gasteiger partial charge in [-0.3, -0.25) is 0 Å². The minimum absolute atomic E-state index is 0.0568. The Balaban J connectivity index is 2.44. The summed E-state index contributed by atoms with van der Waals surface area (Å²) in [5.41, 5.74) is -0.281. The second-order valence-electron chi connectivity index (χ2n) is 3.38. The molecule has 0 bridgehead atoms. The van der Waals surface area contributed by atoms with Crippen molar-refractivity contribution in [2.24, 2.45) is 0 Å². The molecule has 0 aliphatic heterocycles. The Bertz CT molecular complexity index is 637. The highest BCUT2D eigenvalue weighted by molar-refractivity contribution is 6.30. The summed E-state index contributed by atoms with van der Waals surface area (Å²) >= 11 is 5.59. The van der Waals surface area contributed by atoms with Crippen molar-refractivity contribution in [3.63, 3.8) is 0 Å². The lowest BCUT2D eigenvalue weighted by molar-refractivity contribution is 0.437. The molecule has 0 saturated carbocycles. The van der Waals surface area contributed by atoms with Gasteiger partial charge in [0.25, 0.3) is 0 Å². The van der Waals surface area contributed by atoms with Crippen molar-refractivity contribution in [2.45, 2.75) is 0 Å². The molecule has 0 fully saturated rings. The van der Waals surface area contributed by atoms with Crippen LogP contribution in [0.2, 0.25) is 5.02 Å². The van der Waals surface area contributed by atoms with Crippen molar-refractivity contribution in [3.8, 4) is 17.6 Å². The predicted molar refractivity (Wildman–Crippen MR) is 62.6 cm³/mol. The van der Waals surface area contributed by atoms with Gasteiger partial charge in [0, 0.05) is 0 Å². The Hall–Kier alpha value is -2.12. The maximum Gasteiger partial charge on any atom is 0.184 e. The zero-order chi connectivity index (χ0) is 13.1. The third-order valence-electron chi connectivity index (χ3n) is 2.22. The van der Waals surface area contributed by atoms with Crippen molar-refractivity contribution in [1.29, 1.82) is 5.26 Å². The van der Waals surface area contributed by atoms with E-state index in [0.717, 1.165) is 6.07 Å². The van der Waals surface area contributed by atoms with E-state index in [-0.39, 0.29) is 22.1 Å². The molecule has 0 aliphatic carbocycles. The van der Waals surface area contributed by atoms with E-state index in [2.05, 4.69) is 0 Å². The summed E-state index contributed by atoms with van der Waals surface area (Å²) in [6.07, 6.45) is 0. The van der Waals surface area contributed by atoms with Gasteiger partial charge in [-0.15, -0.1) is 0 Å². The van der Waals surface area contributed by atoms with E-state index in [9.17, 15) is 8.78 Å². The molecule has 0 spiro atoms. The van der Waals surface area contributed by atoms with Crippen LogP contribution in [-0.4, -0.2) is 0 Å². The van der Waals surface area contributed by atoms with Crippen molar-refractivity contribution in [2.75, 3.05) is 0 Å². The Labute approximate surface area is 107 Å². The molecule has 2 aromatic carbocycles. The SMILES string of the molecule is N#Cc1c(F)cccc1Oc1cccc(Cl)c1F. The topological polar surface area (TPSA) is 33.0 Å². The quantitative estimate of drug-likeness (QED) is 0.812. The molecule has 2 nitrogen and oxygen atoms in total. The molecule has 90 valence electrons. The van der Waals surface area contributed by atoms with E-state index in [4.69, 9.17) is 21.6 Å². The van der Waals surface area contributed by atoms with Crippen LogP contribution < -0.4 is 4.74 Å². The van der Waals surface area contributed by atoms with Crippen LogP contribution in [-0.2, 0) is 0 Å². The second-order valence-corrected chi connectivity index (χ2v) is 3.79. The molecule has 18 heavy (non-hydrogen) atoms. The lowest BCUT2D eigenvalue weighted by Crippen LogP contribution is -1.93. The largest absolute Gasteiger partial charge is 0.453 e.